The number of aromatic nitrogens is 1. The lowest BCUT2D eigenvalue weighted by Crippen LogP contribution is -2.29. The summed E-state index contributed by atoms with van der Waals surface area (Å²) in [6.45, 7) is 6.19. The SMILES string of the molecule is COCCNC(=O)c1cc2cc(N)ccc2n1CCC(C)C. The second-order valence-corrected chi connectivity index (χ2v) is 5.93. The monoisotopic (exact) mass is 303 g/mol. The number of nitrogens with two attached hydrogens (primary N) is 1. The third-order valence-electron chi connectivity index (χ3n) is 3.68. The molecular formula is C17H25N3O2. The molecule has 1 aromatic carbocycles. The van der Waals surface area contributed by atoms with Crippen LogP contribution in [0.5, 0.6) is 0 Å². The maximum atomic E-state index is 12.4. The van der Waals surface area contributed by atoms with Crippen molar-refractivity contribution in [1.29, 1.82) is 0 Å². The van der Waals surface area contributed by atoms with Crippen molar-refractivity contribution in [2.24, 2.45) is 5.92 Å². The number of hydrogen-bond donors (Lipinski definition) is 2. The van der Waals surface area contributed by atoms with Crippen LogP contribution in [0.2, 0.25) is 0 Å². The van der Waals surface area contributed by atoms with Crippen LogP contribution in [0, 0.1) is 5.92 Å². The van der Waals surface area contributed by atoms with Gasteiger partial charge in [0.05, 0.1) is 6.61 Å². The van der Waals surface area contributed by atoms with E-state index < -0.39 is 0 Å². The lowest BCUT2D eigenvalue weighted by Gasteiger charge is -2.12. The molecule has 0 fully saturated rings. The molecule has 1 amide bonds. The van der Waals surface area contributed by atoms with Crippen molar-refractivity contribution in [3.8, 4) is 0 Å². The van der Waals surface area contributed by atoms with E-state index in [1.54, 1.807) is 7.11 Å². The summed E-state index contributed by atoms with van der Waals surface area (Å²) in [5, 5.41) is 3.89. The zero-order valence-corrected chi connectivity index (χ0v) is 13.6. The molecule has 5 nitrogen and oxygen atoms in total. The summed E-state index contributed by atoms with van der Waals surface area (Å²) in [4.78, 5) is 12.4. The topological polar surface area (TPSA) is 69.3 Å². The summed E-state index contributed by atoms with van der Waals surface area (Å²) in [5.41, 5.74) is 8.29. The number of benzene rings is 1. The second-order valence-electron chi connectivity index (χ2n) is 5.93. The summed E-state index contributed by atoms with van der Waals surface area (Å²) in [7, 11) is 1.62. The number of nitrogens with zero attached hydrogens (tertiary/aromatic N) is 1. The Morgan fingerprint density at radius 1 is 1.36 bits per heavy atom. The van der Waals surface area contributed by atoms with Gasteiger partial charge in [-0.1, -0.05) is 13.8 Å². The van der Waals surface area contributed by atoms with Gasteiger partial charge in [0.25, 0.3) is 5.91 Å². The Bertz CT molecular complexity index is 647. The third-order valence-corrected chi connectivity index (χ3v) is 3.68. The zero-order valence-electron chi connectivity index (χ0n) is 13.6. The van der Waals surface area contributed by atoms with Gasteiger partial charge < -0.3 is 20.4 Å². The number of aryl methyl sites for hydroxylation is 1. The molecule has 0 spiro atoms. The first-order chi connectivity index (χ1) is 10.5. The zero-order chi connectivity index (χ0) is 16.1. The number of rotatable bonds is 7. The number of ether oxygens (including phenoxy) is 1. The average molecular weight is 303 g/mol. The van der Waals surface area contributed by atoms with Gasteiger partial charge in [0.2, 0.25) is 0 Å². The molecule has 120 valence electrons. The smallest absolute Gasteiger partial charge is 0.268 e. The first-order valence-electron chi connectivity index (χ1n) is 7.69. The van der Waals surface area contributed by atoms with Crippen LogP contribution in [0.25, 0.3) is 10.9 Å². The van der Waals surface area contributed by atoms with Crippen molar-refractivity contribution in [2.45, 2.75) is 26.8 Å². The summed E-state index contributed by atoms with van der Waals surface area (Å²) >= 11 is 0. The predicted molar refractivity (Wildman–Crippen MR) is 90.0 cm³/mol. The minimum Gasteiger partial charge on any atom is -0.399 e. The number of anilines is 1. The lowest BCUT2D eigenvalue weighted by atomic mass is 10.1. The first kappa shape index (κ1) is 16.4. The number of carbonyl (C=O) groups is 1. The highest BCUT2D eigenvalue weighted by molar-refractivity contribution is 5.99. The minimum absolute atomic E-state index is 0.0735. The molecular weight excluding hydrogens is 278 g/mol. The standard InChI is InChI=1S/C17H25N3O2/c1-12(2)6-8-20-15-5-4-14(18)10-13(15)11-16(20)17(21)19-7-9-22-3/h4-5,10-12H,6-9,18H2,1-3H3,(H,19,21). The van der Waals surface area contributed by atoms with Crippen molar-refractivity contribution < 1.29 is 9.53 Å². The molecule has 2 rings (SSSR count). The highest BCUT2D eigenvalue weighted by Crippen LogP contribution is 2.23. The van der Waals surface area contributed by atoms with Crippen molar-refractivity contribution in [3.63, 3.8) is 0 Å². The molecule has 1 aromatic heterocycles. The number of nitrogen functional groups attached to an aromatic ring is 1. The largest absolute Gasteiger partial charge is 0.399 e. The van der Waals surface area contributed by atoms with E-state index >= 15 is 0 Å². The minimum atomic E-state index is -0.0735. The van der Waals surface area contributed by atoms with Gasteiger partial charge in [-0.15, -0.1) is 0 Å². The molecule has 3 N–H and O–H groups in total. The molecule has 0 unspecified atom stereocenters. The number of methoxy groups -OCH3 is 1. The van der Waals surface area contributed by atoms with Crippen LogP contribution >= 0.6 is 0 Å². The summed E-state index contributed by atoms with van der Waals surface area (Å²) in [5.74, 6) is 0.506. The van der Waals surface area contributed by atoms with Crippen LogP contribution in [0.15, 0.2) is 24.3 Å². The van der Waals surface area contributed by atoms with Crippen LogP contribution in [0.4, 0.5) is 5.69 Å². The number of carbonyl (C=O) groups excluding carboxylic acids is 1. The van der Waals surface area contributed by atoms with Gasteiger partial charge >= 0.3 is 0 Å². The molecule has 0 aliphatic heterocycles. The van der Waals surface area contributed by atoms with E-state index in [0.717, 1.165) is 23.9 Å². The fourth-order valence-corrected chi connectivity index (χ4v) is 2.46. The van der Waals surface area contributed by atoms with Gasteiger partial charge in [0.15, 0.2) is 0 Å². The summed E-state index contributed by atoms with van der Waals surface area (Å²) in [6.07, 6.45) is 1.02. The Morgan fingerprint density at radius 2 is 2.14 bits per heavy atom. The number of nitrogens with one attached hydrogen (secondary N) is 1. The molecule has 1 heterocycles. The van der Waals surface area contributed by atoms with Crippen LogP contribution < -0.4 is 11.1 Å². The molecule has 0 radical (unpaired) electrons. The second kappa shape index (κ2) is 7.31. The normalized spacial score (nSPS) is 11.3. The molecule has 5 heteroatoms. The number of hydrogen-bond acceptors (Lipinski definition) is 3. The highest BCUT2D eigenvalue weighted by atomic mass is 16.5. The Hall–Kier alpha value is -2.01. The van der Waals surface area contributed by atoms with Gasteiger partial charge in [0, 0.05) is 36.8 Å². The molecule has 0 aliphatic rings. The fraction of sp³-hybridized carbons (Fsp3) is 0.471. The van der Waals surface area contributed by atoms with E-state index in [0.29, 0.717) is 30.5 Å². The average Bonchev–Trinajstić information content (AvgIpc) is 2.82. The maximum absolute atomic E-state index is 12.4. The molecule has 0 bridgehead atoms. The molecule has 0 saturated heterocycles. The van der Waals surface area contributed by atoms with E-state index in [9.17, 15) is 4.79 Å². The van der Waals surface area contributed by atoms with E-state index in [4.69, 9.17) is 10.5 Å². The van der Waals surface area contributed by atoms with E-state index in [-0.39, 0.29) is 5.91 Å². The predicted octanol–water partition coefficient (Wildman–Crippen LogP) is 2.65. The van der Waals surface area contributed by atoms with E-state index in [1.165, 1.54) is 0 Å². The Balaban J connectivity index is 2.33. The number of amides is 1. The van der Waals surface area contributed by atoms with Crippen LogP contribution in [-0.4, -0.2) is 30.7 Å². The third kappa shape index (κ3) is 3.80. The Labute approximate surface area is 131 Å². The van der Waals surface area contributed by atoms with Gasteiger partial charge in [-0.3, -0.25) is 4.79 Å². The summed E-state index contributed by atoms with van der Waals surface area (Å²) in [6, 6.07) is 7.68. The maximum Gasteiger partial charge on any atom is 0.268 e. The molecule has 0 aliphatic carbocycles. The van der Waals surface area contributed by atoms with Crippen molar-refractivity contribution >= 4 is 22.5 Å². The van der Waals surface area contributed by atoms with Crippen molar-refractivity contribution in [1.82, 2.24) is 9.88 Å². The van der Waals surface area contributed by atoms with Gasteiger partial charge in [-0.25, -0.2) is 0 Å². The van der Waals surface area contributed by atoms with Crippen molar-refractivity contribution in [2.75, 3.05) is 26.0 Å². The van der Waals surface area contributed by atoms with E-state index in [2.05, 4.69) is 23.7 Å². The Kier molecular flexibility index (Phi) is 5.44. The van der Waals surface area contributed by atoms with E-state index in [1.807, 2.05) is 24.3 Å². The van der Waals surface area contributed by atoms with Crippen LogP contribution in [-0.2, 0) is 11.3 Å². The number of fused-ring (bicyclic) bond motifs is 1. The summed E-state index contributed by atoms with van der Waals surface area (Å²) < 4.78 is 7.05. The van der Waals surface area contributed by atoms with Gasteiger partial charge in [-0.05, 0) is 36.6 Å². The Morgan fingerprint density at radius 3 is 2.82 bits per heavy atom. The molecule has 0 saturated carbocycles. The van der Waals surface area contributed by atoms with Crippen LogP contribution in [0.3, 0.4) is 0 Å². The van der Waals surface area contributed by atoms with Crippen LogP contribution in [0.1, 0.15) is 30.8 Å². The molecule has 22 heavy (non-hydrogen) atoms. The molecule has 0 atom stereocenters. The fourth-order valence-electron chi connectivity index (χ4n) is 2.46. The quantitative estimate of drug-likeness (QED) is 0.610. The van der Waals surface area contributed by atoms with Gasteiger partial charge in [0.1, 0.15) is 5.69 Å². The lowest BCUT2D eigenvalue weighted by molar-refractivity contribution is 0.0928. The highest BCUT2D eigenvalue weighted by Gasteiger charge is 2.15. The molecule has 2 aromatic rings. The first-order valence-corrected chi connectivity index (χ1v) is 7.69. The van der Waals surface area contributed by atoms with Gasteiger partial charge in [-0.2, -0.15) is 0 Å². The van der Waals surface area contributed by atoms with Crippen molar-refractivity contribution in [3.05, 3.63) is 30.0 Å².